The van der Waals surface area contributed by atoms with Crippen LogP contribution in [0.2, 0.25) is 0 Å². The van der Waals surface area contributed by atoms with E-state index in [2.05, 4.69) is 39.6 Å². The van der Waals surface area contributed by atoms with Gasteiger partial charge in [-0.15, -0.1) is 0 Å². The summed E-state index contributed by atoms with van der Waals surface area (Å²) in [5.74, 6) is 1.82. The van der Waals surface area contributed by atoms with Crippen LogP contribution in [0.25, 0.3) is 0 Å². The molecular weight excluding hydrogens is 270 g/mol. The zero-order valence-corrected chi connectivity index (χ0v) is 12.4. The first-order chi connectivity index (χ1) is 10.0. The van der Waals surface area contributed by atoms with Gasteiger partial charge in [-0.05, 0) is 25.3 Å². The molecule has 0 aliphatic rings. The minimum atomic E-state index is -0.211. The molecule has 0 radical (unpaired) electrons. The Labute approximate surface area is 123 Å². The number of hydrogen-bond acceptors (Lipinski definition) is 6. The number of carbonyl (C=O) groups excluding carboxylic acids is 1. The molecule has 0 atom stereocenters. The van der Waals surface area contributed by atoms with E-state index >= 15 is 0 Å². The van der Waals surface area contributed by atoms with Crippen molar-refractivity contribution in [2.75, 3.05) is 11.9 Å². The Bertz CT molecular complexity index is 609. The van der Waals surface area contributed by atoms with Gasteiger partial charge in [0.25, 0.3) is 5.91 Å². The Morgan fingerprint density at radius 1 is 1.43 bits per heavy atom. The van der Waals surface area contributed by atoms with Crippen molar-refractivity contribution in [3.05, 3.63) is 29.8 Å². The molecule has 0 spiro atoms. The summed E-state index contributed by atoms with van der Waals surface area (Å²) in [4.78, 5) is 20.2. The van der Waals surface area contributed by atoms with Gasteiger partial charge < -0.3 is 15.2 Å². The van der Waals surface area contributed by atoms with Gasteiger partial charge in [-0.2, -0.15) is 0 Å². The molecule has 0 aliphatic carbocycles. The largest absolute Gasteiger partial charge is 0.360 e. The number of aryl methyl sites for hydroxylation is 1. The fourth-order valence-corrected chi connectivity index (χ4v) is 1.65. The van der Waals surface area contributed by atoms with E-state index in [0.29, 0.717) is 35.7 Å². The maximum Gasteiger partial charge on any atom is 0.270 e. The molecule has 2 N–H and O–H groups in total. The summed E-state index contributed by atoms with van der Waals surface area (Å²) in [5, 5.41) is 9.51. The van der Waals surface area contributed by atoms with E-state index in [9.17, 15) is 4.79 Å². The van der Waals surface area contributed by atoms with E-state index in [1.54, 1.807) is 19.1 Å². The van der Waals surface area contributed by atoms with E-state index in [0.717, 1.165) is 6.42 Å². The standard InChI is InChI=1S/C14H19N5O2/c1-9(2)4-6-15-13(20)11-5-7-16-14(17-11)18-12-8-10(3)21-19-12/h5,7-9H,4,6H2,1-3H3,(H,15,20)(H,16,17,18,19). The van der Waals surface area contributed by atoms with E-state index in [-0.39, 0.29) is 5.91 Å². The van der Waals surface area contributed by atoms with Crippen molar-refractivity contribution in [1.29, 1.82) is 0 Å². The van der Waals surface area contributed by atoms with Crippen LogP contribution in [0.3, 0.4) is 0 Å². The summed E-state index contributed by atoms with van der Waals surface area (Å²) in [6, 6.07) is 3.29. The van der Waals surface area contributed by atoms with Crippen molar-refractivity contribution in [1.82, 2.24) is 20.4 Å². The zero-order chi connectivity index (χ0) is 15.2. The second-order valence-electron chi connectivity index (χ2n) is 5.15. The van der Waals surface area contributed by atoms with Crippen molar-refractivity contribution >= 4 is 17.7 Å². The second-order valence-corrected chi connectivity index (χ2v) is 5.15. The van der Waals surface area contributed by atoms with Crippen LogP contribution in [0, 0.1) is 12.8 Å². The van der Waals surface area contributed by atoms with Crippen molar-refractivity contribution in [3.63, 3.8) is 0 Å². The van der Waals surface area contributed by atoms with Crippen LogP contribution in [-0.2, 0) is 0 Å². The lowest BCUT2D eigenvalue weighted by Gasteiger charge is -2.07. The average Bonchev–Trinajstić information content (AvgIpc) is 2.84. The van der Waals surface area contributed by atoms with Crippen molar-refractivity contribution < 1.29 is 9.32 Å². The third kappa shape index (κ3) is 4.55. The minimum Gasteiger partial charge on any atom is -0.360 e. The molecule has 0 unspecified atom stereocenters. The topological polar surface area (TPSA) is 92.9 Å². The Morgan fingerprint density at radius 2 is 2.24 bits per heavy atom. The SMILES string of the molecule is Cc1cc(Nc2nccc(C(=O)NCCC(C)C)n2)no1. The van der Waals surface area contributed by atoms with Crippen LogP contribution >= 0.6 is 0 Å². The van der Waals surface area contributed by atoms with Crippen molar-refractivity contribution in [2.45, 2.75) is 27.2 Å². The molecule has 7 heteroatoms. The molecule has 2 aromatic heterocycles. The quantitative estimate of drug-likeness (QED) is 0.847. The Morgan fingerprint density at radius 3 is 2.90 bits per heavy atom. The summed E-state index contributed by atoms with van der Waals surface area (Å²) >= 11 is 0. The third-order valence-corrected chi connectivity index (χ3v) is 2.76. The summed E-state index contributed by atoms with van der Waals surface area (Å²) < 4.78 is 4.94. The fraction of sp³-hybridized carbons (Fsp3) is 0.429. The van der Waals surface area contributed by atoms with Crippen LogP contribution in [0.15, 0.2) is 22.9 Å². The number of hydrogen-bond donors (Lipinski definition) is 2. The number of nitrogens with zero attached hydrogens (tertiary/aromatic N) is 3. The predicted molar refractivity (Wildman–Crippen MR) is 78.3 cm³/mol. The predicted octanol–water partition coefficient (Wildman–Crippen LogP) is 2.29. The Kier molecular flexibility index (Phi) is 4.86. The smallest absolute Gasteiger partial charge is 0.270 e. The van der Waals surface area contributed by atoms with E-state index in [1.165, 1.54) is 6.20 Å². The van der Waals surface area contributed by atoms with E-state index in [4.69, 9.17) is 4.52 Å². The number of carbonyl (C=O) groups is 1. The lowest BCUT2D eigenvalue weighted by atomic mass is 10.1. The highest BCUT2D eigenvalue weighted by molar-refractivity contribution is 5.92. The molecule has 7 nitrogen and oxygen atoms in total. The molecule has 2 heterocycles. The molecule has 21 heavy (non-hydrogen) atoms. The maximum absolute atomic E-state index is 12.0. The molecule has 1 amide bonds. The van der Waals surface area contributed by atoms with Crippen LogP contribution in [-0.4, -0.2) is 27.6 Å². The van der Waals surface area contributed by atoms with Crippen molar-refractivity contribution in [2.24, 2.45) is 5.92 Å². The van der Waals surface area contributed by atoms with Gasteiger partial charge in [0.1, 0.15) is 11.5 Å². The van der Waals surface area contributed by atoms with Crippen LogP contribution in [0.1, 0.15) is 36.5 Å². The zero-order valence-electron chi connectivity index (χ0n) is 12.4. The Hall–Kier alpha value is -2.44. The second kappa shape index (κ2) is 6.83. The highest BCUT2D eigenvalue weighted by Crippen LogP contribution is 2.12. The number of rotatable bonds is 6. The molecule has 0 saturated carbocycles. The first-order valence-electron chi connectivity index (χ1n) is 6.86. The lowest BCUT2D eigenvalue weighted by molar-refractivity contribution is 0.0947. The van der Waals surface area contributed by atoms with Crippen LogP contribution in [0.4, 0.5) is 11.8 Å². The first kappa shape index (κ1) is 15.0. The minimum absolute atomic E-state index is 0.211. The Balaban J connectivity index is 1.98. The van der Waals surface area contributed by atoms with Gasteiger partial charge >= 0.3 is 0 Å². The van der Waals surface area contributed by atoms with Gasteiger partial charge in [-0.3, -0.25) is 4.79 Å². The van der Waals surface area contributed by atoms with Gasteiger partial charge in [0.05, 0.1) is 0 Å². The number of nitrogens with one attached hydrogen (secondary N) is 2. The molecule has 0 fully saturated rings. The molecule has 0 saturated heterocycles. The summed E-state index contributed by atoms with van der Waals surface area (Å²) in [7, 11) is 0. The average molecular weight is 289 g/mol. The summed E-state index contributed by atoms with van der Waals surface area (Å²) in [6.45, 7) is 6.64. The van der Waals surface area contributed by atoms with Crippen molar-refractivity contribution in [3.8, 4) is 0 Å². The molecule has 2 aromatic rings. The fourth-order valence-electron chi connectivity index (χ4n) is 1.65. The van der Waals surface area contributed by atoms with E-state index in [1.807, 2.05) is 0 Å². The molecule has 0 aliphatic heterocycles. The number of aromatic nitrogens is 3. The number of amides is 1. The van der Waals surface area contributed by atoms with Gasteiger partial charge in [0.15, 0.2) is 5.82 Å². The molecular formula is C14H19N5O2. The molecule has 112 valence electrons. The first-order valence-corrected chi connectivity index (χ1v) is 6.86. The van der Waals surface area contributed by atoms with Crippen LogP contribution < -0.4 is 10.6 Å². The molecule has 0 aromatic carbocycles. The summed E-state index contributed by atoms with van der Waals surface area (Å²) in [6.07, 6.45) is 2.46. The number of anilines is 2. The van der Waals surface area contributed by atoms with Gasteiger partial charge in [0, 0.05) is 18.8 Å². The summed E-state index contributed by atoms with van der Waals surface area (Å²) in [5.41, 5.74) is 0.316. The third-order valence-electron chi connectivity index (χ3n) is 2.76. The van der Waals surface area contributed by atoms with Gasteiger partial charge in [-0.25, -0.2) is 9.97 Å². The maximum atomic E-state index is 12.0. The van der Waals surface area contributed by atoms with Gasteiger partial charge in [-0.1, -0.05) is 19.0 Å². The van der Waals surface area contributed by atoms with Crippen LogP contribution in [0.5, 0.6) is 0 Å². The monoisotopic (exact) mass is 289 g/mol. The highest BCUT2D eigenvalue weighted by atomic mass is 16.5. The normalized spacial score (nSPS) is 10.7. The lowest BCUT2D eigenvalue weighted by Crippen LogP contribution is -2.26. The van der Waals surface area contributed by atoms with E-state index < -0.39 is 0 Å². The van der Waals surface area contributed by atoms with Gasteiger partial charge in [0.2, 0.25) is 5.95 Å². The molecule has 0 bridgehead atoms. The highest BCUT2D eigenvalue weighted by Gasteiger charge is 2.09. The molecule has 2 rings (SSSR count).